The van der Waals surface area contributed by atoms with Gasteiger partial charge in [-0.3, -0.25) is 19.0 Å². The summed E-state index contributed by atoms with van der Waals surface area (Å²) in [4.78, 5) is 26.9. The fourth-order valence-corrected chi connectivity index (χ4v) is 5.07. The number of anilines is 1. The van der Waals surface area contributed by atoms with Gasteiger partial charge in [-0.2, -0.15) is 15.3 Å². The molecule has 0 saturated heterocycles. The van der Waals surface area contributed by atoms with E-state index < -0.39 is 6.04 Å². The Morgan fingerprint density at radius 3 is 2.51 bits per heavy atom. The maximum atomic E-state index is 13.6. The van der Waals surface area contributed by atoms with Crippen molar-refractivity contribution in [2.75, 3.05) is 12.4 Å². The van der Waals surface area contributed by atoms with Crippen molar-refractivity contribution in [2.24, 2.45) is 17.8 Å². The predicted octanol–water partition coefficient (Wildman–Crippen LogP) is 2.99. The third-order valence-electron chi connectivity index (χ3n) is 7.06. The molecule has 0 radical (unpaired) electrons. The molecule has 37 heavy (non-hydrogen) atoms. The van der Waals surface area contributed by atoms with Crippen LogP contribution in [-0.4, -0.2) is 54.7 Å². The molecular formula is C26H34N8O3. The van der Waals surface area contributed by atoms with Crippen LogP contribution >= 0.6 is 0 Å². The van der Waals surface area contributed by atoms with Gasteiger partial charge < -0.3 is 15.4 Å². The van der Waals surface area contributed by atoms with Gasteiger partial charge >= 0.3 is 0 Å². The van der Waals surface area contributed by atoms with E-state index in [0.29, 0.717) is 35.6 Å². The Morgan fingerprint density at radius 1 is 1.14 bits per heavy atom. The number of nitrogens with zero attached hydrogens (tertiary/aromatic N) is 6. The van der Waals surface area contributed by atoms with Crippen molar-refractivity contribution in [1.29, 1.82) is 0 Å². The molecule has 11 heteroatoms. The summed E-state index contributed by atoms with van der Waals surface area (Å²) in [5.41, 5.74) is 2.64. The molecule has 1 atom stereocenters. The summed E-state index contributed by atoms with van der Waals surface area (Å²) in [6.45, 7) is 6.23. The molecule has 11 nitrogen and oxygen atoms in total. The molecule has 196 valence electrons. The van der Waals surface area contributed by atoms with Gasteiger partial charge in [0.1, 0.15) is 11.7 Å². The zero-order valence-electron chi connectivity index (χ0n) is 21.7. The summed E-state index contributed by atoms with van der Waals surface area (Å²) < 4.78 is 8.71. The lowest BCUT2D eigenvalue weighted by molar-refractivity contribution is -0.119. The van der Waals surface area contributed by atoms with Crippen molar-refractivity contribution < 1.29 is 14.3 Å². The molecule has 0 aliphatic heterocycles. The summed E-state index contributed by atoms with van der Waals surface area (Å²) in [5.74, 6) is 1.01. The minimum absolute atomic E-state index is 0.0366. The van der Waals surface area contributed by atoms with E-state index in [2.05, 4.69) is 31.0 Å². The second-order valence-corrected chi connectivity index (χ2v) is 10.4. The smallest absolute Gasteiger partial charge is 0.270 e. The SMILES string of the molecule is COc1nnc(C)cc1Cn1cc(NC(=O)[C@@H](NC(=O)c2ccnn2C(C)C)C(C2CC2)C2CC2)cn1. The molecule has 5 rings (SSSR count). The highest BCUT2D eigenvalue weighted by Crippen LogP contribution is 2.51. The molecule has 2 N–H and O–H groups in total. The standard InChI is InChI=1S/C26H34N8O3/c1-15(2)34-21(9-10-27-34)24(35)30-23(22(17-5-6-17)18-7-8-18)25(36)29-20-12-28-33(14-20)13-19-11-16(3)31-32-26(19)37-4/h9-12,14-15,17-18,22-23H,5-8,13H2,1-4H3,(H,29,36)(H,30,35)/t23-/m0/s1. The number of carbonyl (C=O) groups excluding carboxylic acids is 2. The van der Waals surface area contributed by atoms with Crippen LogP contribution in [0.25, 0.3) is 0 Å². The number of aryl methyl sites for hydroxylation is 1. The average Bonchev–Trinajstić information content (AvgIpc) is 3.79. The monoisotopic (exact) mass is 506 g/mol. The summed E-state index contributed by atoms with van der Waals surface area (Å²) in [7, 11) is 1.55. The fraction of sp³-hybridized carbons (Fsp3) is 0.538. The maximum absolute atomic E-state index is 13.6. The Kier molecular flexibility index (Phi) is 6.94. The highest BCUT2D eigenvalue weighted by molar-refractivity contribution is 6.00. The number of ether oxygens (including phenoxy) is 1. The highest BCUT2D eigenvalue weighted by Gasteiger charge is 2.48. The number of rotatable bonds is 11. The molecule has 3 aromatic rings. The lowest BCUT2D eigenvalue weighted by atomic mass is 9.88. The first-order valence-electron chi connectivity index (χ1n) is 12.9. The van der Waals surface area contributed by atoms with Gasteiger partial charge in [0, 0.05) is 24.0 Å². The van der Waals surface area contributed by atoms with E-state index in [-0.39, 0.29) is 23.8 Å². The van der Waals surface area contributed by atoms with Crippen LogP contribution in [0.2, 0.25) is 0 Å². The molecule has 2 aliphatic carbocycles. The van der Waals surface area contributed by atoms with Gasteiger partial charge in [-0.15, -0.1) is 5.10 Å². The highest BCUT2D eigenvalue weighted by atomic mass is 16.5. The first kappa shape index (κ1) is 24.9. The van der Waals surface area contributed by atoms with Crippen LogP contribution in [0.4, 0.5) is 5.69 Å². The molecule has 3 heterocycles. The molecule has 0 unspecified atom stereocenters. The van der Waals surface area contributed by atoms with Gasteiger partial charge in [0.2, 0.25) is 11.8 Å². The number of carbonyl (C=O) groups is 2. The number of amides is 2. The Bertz CT molecular complexity index is 1260. The van der Waals surface area contributed by atoms with Crippen LogP contribution in [0.3, 0.4) is 0 Å². The molecule has 2 aliphatic rings. The minimum Gasteiger partial charge on any atom is -0.480 e. The largest absolute Gasteiger partial charge is 0.480 e. The molecule has 2 amide bonds. The molecule has 0 bridgehead atoms. The summed E-state index contributed by atoms with van der Waals surface area (Å²) in [6, 6.07) is 3.00. The van der Waals surface area contributed by atoms with E-state index in [4.69, 9.17) is 4.74 Å². The molecular weight excluding hydrogens is 472 g/mol. The van der Waals surface area contributed by atoms with Crippen LogP contribution in [0.1, 0.15) is 67.3 Å². The second kappa shape index (κ2) is 10.3. The Hall–Kier alpha value is -3.76. The lowest BCUT2D eigenvalue weighted by Gasteiger charge is -2.27. The van der Waals surface area contributed by atoms with Gasteiger partial charge in [0.05, 0.1) is 31.2 Å². The van der Waals surface area contributed by atoms with Gasteiger partial charge in [-0.1, -0.05) is 0 Å². The number of aromatic nitrogens is 6. The van der Waals surface area contributed by atoms with Crippen molar-refractivity contribution in [2.45, 2.75) is 65.1 Å². The van der Waals surface area contributed by atoms with Crippen molar-refractivity contribution in [3.05, 3.63) is 47.7 Å². The zero-order valence-corrected chi connectivity index (χ0v) is 21.7. The van der Waals surface area contributed by atoms with E-state index in [9.17, 15) is 9.59 Å². The fourth-order valence-electron chi connectivity index (χ4n) is 5.07. The maximum Gasteiger partial charge on any atom is 0.270 e. The van der Waals surface area contributed by atoms with Gasteiger partial charge in [-0.05, 0) is 76.3 Å². The van der Waals surface area contributed by atoms with E-state index in [1.54, 1.807) is 41.1 Å². The van der Waals surface area contributed by atoms with Crippen LogP contribution in [0.5, 0.6) is 5.88 Å². The molecule has 3 aromatic heterocycles. The van der Waals surface area contributed by atoms with Gasteiger partial charge in [-0.25, -0.2) is 0 Å². The molecule has 0 aromatic carbocycles. The summed E-state index contributed by atoms with van der Waals surface area (Å²) >= 11 is 0. The number of hydrogen-bond acceptors (Lipinski definition) is 7. The van der Waals surface area contributed by atoms with Crippen LogP contribution < -0.4 is 15.4 Å². The van der Waals surface area contributed by atoms with Crippen molar-refractivity contribution >= 4 is 17.5 Å². The van der Waals surface area contributed by atoms with Gasteiger partial charge in [0.15, 0.2) is 0 Å². The zero-order chi connectivity index (χ0) is 26.1. The van der Waals surface area contributed by atoms with E-state index >= 15 is 0 Å². The van der Waals surface area contributed by atoms with Crippen LogP contribution in [0.15, 0.2) is 30.7 Å². The first-order valence-corrected chi connectivity index (χ1v) is 12.9. The van der Waals surface area contributed by atoms with Gasteiger partial charge in [0.25, 0.3) is 5.91 Å². The molecule has 2 fully saturated rings. The quantitative estimate of drug-likeness (QED) is 0.409. The summed E-state index contributed by atoms with van der Waals surface area (Å²) in [6.07, 6.45) is 9.40. The van der Waals surface area contributed by atoms with Crippen LogP contribution in [-0.2, 0) is 11.3 Å². The Labute approximate surface area is 216 Å². The third kappa shape index (κ3) is 5.65. The predicted molar refractivity (Wildman–Crippen MR) is 136 cm³/mol. The number of hydrogen-bond donors (Lipinski definition) is 2. The number of nitrogens with one attached hydrogen (secondary N) is 2. The first-order chi connectivity index (χ1) is 17.8. The van der Waals surface area contributed by atoms with E-state index in [0.717, 1.165) is 36.9 Å². The number of methoxy groups -OCH3 is 1. The summed E-state index contributed by atoms with van der Waals surface area (Å²) in [5, 5.41) is 22.9. The average molecular weight is 507 g/mol. The second-order valence-electron chi connectivity index (χ2n) is 10.4. The molecule has 2 saturated carbocycles. The Morgan fingerprint density at radius 2 is 1.86 bits per heavy atom. The van der Waals surface area contributed by atoms with Crippen LogP contribution in [0, 0.1) is 24.7 Å². The Balaban J connectivity index is 1.33. The normalized spacial score (nSPS) is 16.2. The lowest BCUT2D eigenvalue weighted by Crippen LogP contribution is -2.50. The topological polar surface area (TPSA) is 129 Å². The van der Waals surface area contributed by atoms with Crippen molar-refractivity contribution in [3.63, 3.8) is 0 Å². The van der Waals surface area contributed by atoms with E-state index in [1.807, 2.05) is 26.8 Å². The molecule has 0 spiro atoms. The third-order valence-corrected chi connectivity index (χ3v) is 7.06. The van der Waals surface area contributed by atoms with E-state index in [1.165, 1.54) is 0 Å². The van der Waals surface area contributed by atoms with Crippen molar-refractivity contribution in [3.8, 4) is 5.88 Å². The minimum atomic E-state index is -0.626. The van der Waals surface area contributed by atoms with Crippen molar-refractivity contribution in [1.82, 2.24) is 35.1 Å².